The van der Waals surface area contributed by atoms with Gasteiger partial charge in [-0.2, -0.15) is 5.10 Å². The number of carbonyl (C=O) groups is 2. The molecule has 4 rings (SSSR count). The molecule has 2 heterocycles. The van der Waals surface area contributed by atoms with E-state index in [0.29, 0.717) is 24.6 Å². The molecular formula is C26H30N8O2. The minimum atomic E-state index is -0.111. The van der Waals surface area contributed by atoms with E-state index in [2.05, 4.69) is 31.1 Å². The molecule has 0 aliphatic rings. The minimum absolute atomic E-state index is 0.0263. The van der Waals surface area contributed by atoms with Crippen molar-refractivity contribution in [2.75, 3.05) is 35.7 Å². The van der Waals surface area contributed by atoms with E-state index in [1.165, 1.54) is 0 Å². The molecule has 1 amide bonds. The first-order chi connectivity index (χ1) is 17.5. The summed E-state index contributed by atoms with van der Waals surface area (Å²) in [6.07, 6.45) is 4.64. The van der Waals surface area contributed by atoms with E-state index in [1.807, 2.05) is 62.2 Å². The molecule has 0 atom stereocenters. The van der Waals surface area contributed by atoms with Crippen LogP contribution in [0, 0.1) is 0 Å². The van der Waals surface area contributed by atoms with Crippen molar-refractivity contribution in [1.29, 1.82) is 0 Å². The van der Waals surface area contributed by atoms with Gasteiger partial charge in [0.15, 0.2) is 5.82 Å². The van der Waals surface area contributed by atoms with Crippen LogP contribution < -0.4 is 20.9 Å². The molecule has 0 saturated heterocycles. The minimum Gasteiger partial charge on any atom is -0.386 e. The zero-order valence-electron chi connectivity index (χ0n) is 20.6. The third kappa shape index (κ3) is 5.96. The van der Waals surface area contributed by atoms with Gasteiger partial charge in [-0.1, -0.05) is 0 Å². The maximum Gasteiger partial charge on any atom is 0.239 e. The predicted octanol–water partition coefficient (Wildman–Crippen LogP) is 3.73. The number of amides is 1. The molecule has 2 aromatic carbocycles. The molecule has 0 bridgehead atoms. The van der Waals surface area contributed by atoms with Gasteiger partial charge >= 0.3 is 0 Å². The fraction of sp³-hybridized carbons (Fsp3) is 0.269. The van der Waals surface area contributed by atoms with Crippen LogP contribution in [-0.2, 0) is 9.59 Å². The maximum absolute atomic E-state index is 12.5. The van der Waals surface area contributed by atoms with Crippen molar-refractivity contribution in [2.45, 2.75) is 26.3 Å². The number of carbonyl (C=O) groups excluding carboxylic acids is 2. The van der Waals surface area contributed by atoms with E-state index in [0.717, 1.165) is 39.8 Å². The van der Waals surface area contributed by atoms with Gasteiger partial charge in [-0.15, -0.1) is 0 Å². The van der Waals surface area contributed by atoms with Crippen LogP contribution >= 0.6 is 0 Å². The highest BCUT2D eigenvalue weighted by molar-refractivity contribution is 5.85. The molecule has 0 saturated carbocycles. The second-order valence-corrected chi connectivity index (χ2v) is 8.64. The number of H-pyrrole nitrogens is 1. The molecule has 0 aliphatic heterocycles. The van der Waals surface area contributed by atoms with Crippen LogP contribution in [0.25, 0.3) is 22.3 Å². The lowest BCUT2D eigenvalue weighted by molar-refractivity contribution is -0.120. The number of benzene rings is 2. The summed E-state index contributed by atoms with van der Waals surface area (Å²) in [6.45, 7) is 4.37. The number of nitrogens with zero attached hydrogens (tertiary/aromatic N) is 4. The zero-order valence-corrected chi connectivity index (χ0v) is 20.6. The quantitative estimate of drug-likeness (QED) is 0.236. The van der Waals surface area contributed by atoms with Gasteiger partial charge in [0, 0.05) is 48.9 Å². The van der Waals surface area contributed by atoms with Crippen LogP contribution in [0.4, 0.5) is 22.9 Å². The molecule has 0 fully saturated rings. The first-order valence-corrected chi connectivity index (χ1v) is 11.8. The summed E-state index contributed by atoms with van der Waals surface area (Å²) in [4.78, 5) is 34.7. The van der Waals surface area contributed by atoms with Gasteiger partial charge in [0.05, 0.1) is 29.6 Å². The van der Waals surface area contributed by atoms with Crippen molar-refractivity contribution >= 4 is 46.0 Å². The van der Waals surface area contributed by atoms with Crippen LogP contribution in [-0.4, -0.2) is 58.5 Å². The lowest BCUT2D eigenvalue weighted by atomic mass is 10.1. The van der Waals surface area contributed by atoms with Crippen molar-refractivity contribution in [3.05, 3.63) is 54.9 Å². The molecule has 10 nitrogen and oxygen atoms in total. The molecule has 0 unspecified atom stereocenters. The fourth-order valence-corrected chi connectivity index (χ4v) is 3.91. The zero-order chi connectivity index (χ0) is 25.5. The molecule has 0 aliphatic carbocycles. The molecule has 10 heteroatoms. The largest absolute Gasteiger partial charge is 0.386 e. The number of hydrogen-bond donors (Lipinski definition) is 4. The second kappa shape index (κ2) is 11.3. The number of aldehydes is 1. The summed E-state index contributed by atoms with van der Waals surface area (Å²) in [5.41, 5.74) is 4.27. The Kier molecular flexibility index (Phi) is 7.74. The molecule has 4 aromatic rings. The van der Waals surface area contributed by atoms with Gasteiger partial charge in [0.2, 0.25) is 5.91 Å². The number of anilines is 4. The Hall–Kier alpha value is -4.47. The normalized spacial score (nSPS) is 10.9. The second-order valence-electron chi connectivity index (χ2n) is 8.64. The Balaban J connectivity index is 1.62. The molecule has 4 N–H and O–H groups in total. The summed E-state index contributed by atoms with van der Waals surface area (Å²) in [7, 11) is 1.82. The third-order valence-corrected chi connectivity index (χ3v) is 5.54. The SMILES string of the molecule is CNc1ccc(-c2nccc(Nc3ccc4[nH]ncc4c3)n2)cc1N(CCC=O)CC(=O)NC(C)C. The fourth-order valence-electron chi connectivity index (χ4n) is 3.91. The average Bonchev–Trinajstić information content (AvgIpc) is 3.34. The van der Waals surface area contributed by atoms with Crippen LogP contribution in [0.3, 0.4) is 0 Å². The Labute approximate surface area is 209 Å². The number of rotatable bonds is 11. The average molecular weight is 487 g/mol. The van der Waals surface area contributed by atoms with Gasteiger partial charge in [-0.3, -0.25) is 9.89 Å². The molecule has 0 spiro atoms. The van der Waals surface area contributed by atoms with Crippen LogP contribution in [0.2, 0.25) is 0 Å². The Bertz CT molecular complexity index is 1350. The van der Waals surface area contributed by atoms with Crippen LogP contribution in [0.15, 0.2) is 54.9 Å². The maximum atomic E-state index is 12.5. The summed E-state index contributed by atoms with van der Waals surface area (Å²) in [5.74, 6) is 1.08. The smallest absolute Gasteiger partial charge is 0.239 e. The molecule has 2 aromatic heterocycles. The molecule has 36 heavy (non-hydrogen) atoms. The number of fused-ring (bicyclic) bond motifs is 1. The third-order valence-electron chi connectivity index (χ3n) is 5.54. The monoisotopic (exact) mass is 486 g/mol. The van der Waals surface area contributed by atoms with E-state index in [4.69, 9.17) is 4.98 Å². The lowest BCUT2D eigenvalue weighted by Gasteiger charge is -2.27. The van der Waals surface area contributed by atoms with Gasteiger partial charge in [-0.25, -0.2) is 9.97 Å². The summed E-state index contributed by atoms with van der Waals surface area (Å²) >= 11 is 0. The van der Waals surface area contributed by atoms with Crippen LogP contribution in [0.1, 0.15) is 20.3 Å². The molecule has 0 radical (unpaired) electrons. The van der Waals surface area contributed by atoms with E-state index >= 15 is 0 Å². The Morgan fingerprint density at radius 3 is 2.81 bits per heavy atom. The summed E-state index contributed by atoms with van der Waals surface area (Å²) in [5, 5.41) is 17.4. The Morgan fingerprint density at radius 2 is 2.03 bits per heavy atom. The van der Waals surface area contributed by atoms with Gasteiger partial charge in [0.25, 0.3) is 0 Å². The highest BCUT2D eigenvalue weighted by Gasteiger charge is 2.17. The number of aromatic amines is 1. The van der Waals surface area contributed by atoms with E-state index < -0.39 is 0 Å². The van der Waals surface area contributed by atoms with E-state index in [1.54, 1.807) is 18.5 Å². The topological polar surface area (TPSA) is 128 Å². The first kappa shape index (κ1) is 24.6. The van der Waals surface area contributed by atoms with E-state index in [9.17, 15) is 9.59 Å². The van der Waals surface area contributed by atoms with Gasteiger partial charge < -0.3 is 25.6 Å². The summed E-state index contributed by atoms with van der Waals surface area (Å²) in [6, 6.07) is 13.5. The Morgan fingerprint density at radius 1 is 1.17 bits per heavy atom. The van der Waals surface area contributed by atoms with Crippen molar-refractivity contribution < 1.29 is 9.59 Å². The van der Waals surface area contributed by atoms with Crippen molar-refractivity contribution in [2.24, 2.45) is 0 Å². The summed E-state index contributed by atoms with van der Waals surface area (Å²) < 4.78 is 0. The highest BCUT2D eigenvalue weighted by atomic mass is 16.2. The van der Waals surface area contributed by atoms with E-state index in [-0.39, 0.29) is 18.5 Å². The number of hydrogen-bond acceptors (Lipinski definition) is 8. The number of nitrogens with one attached hydrogen (secondary N) is 4. The highest BCUT2D eigenvalue weighted by Crippen LogP contribution is 2.31. The van der Waals surface area contributed by atoms with Crippen molar-refractivity contribution in [3.63, 3.8) is 0 Å². The molecule has 186 valence electrons. The lowest BCUT2D eigenvalue weighted by Crippen LogP contribution is -2.40. The standard InChI is InChI=1S/C26H30N8O2/c1-17(2)30-25(36)16-34(11-4-12-35)23-14-18(5-7-22(23)27-3)26-28-10-9-24(32-26)31-20-6-8-21-19(13-20)15-29-33-21/h5-10,12-15,17,27H,4,11,16H2,1-3H3,(H,29,33)(H,30,36)(H,28,31,32). The molecular weight excluding hydrogens is 456 g/mol. The van der Waals surface area contributed by atoms with Crippen LogP contribution in [0.5, 0.6) is 0 Å². The van der Waals surface area contributed by atoms with Crippen molar-refractivity contribution in [1.82, 2.24) is 25.5 Å². The first-order valence-electron chi connectivity index (χ1n) is 11.8. The predicted molar refractivity (Wildman–Crippen MR) is 143 cm³/mol. The van der Waals surface area contributed by atoms with Gasteiger partial charge in [-0.05, 0) is 56.3 Å². The number of aromatic nitrogens is 4. The van der Waals surface area contributed by atoms with Gasteiger partial charge in [0.1, 0.15) is 12.1 Å². The van der Waals surface area contributed by atoms with Crippen molar-refractivity contribution in [3.8, 4) is 11.4 Å².